The molecule has 0 fully saturated rings. The van der Waals surface area contributed by atoms with Crippen LogP contribution in [-0.2, 0) is 16.0 Å². The fraction of sp³-hybridized carbons (Fsp3) is 0.115. The Kier molecular flexibility index (Phi) is 6.50. The Bertz CT molecular complexity index is 1330. The van der Waals surface area contributed by atoms with E-state index in [9.17, 15) is 19.5 Å². The number of fused-ring (bicyclic) bond motifs is 1. The van der Waals surface area contributed by atoms with Crippen molar-refractivity contribution in [2.45, 2.75) is 12.5 Å². The van der Waals surface area contributed by atoms with Crippen molar-refractivity contribution in [1.29, 1.82) is 0 Å². The van der Waals surface area contributed by atoms with Gasteiger partial charge in [-0.15, -0.1) is 0 Å². The monoisotopic (exact) mass is 443 g/mol. The molecular formula is C26H21NO6. The highest BCUT2D eigenvalue weighted by atomic mass is 16.5. The molecule has 7 nitrogen and oxygen atoms in total. The number of benzene rings is 3. The first-order valence-electron chi connectivity index (χ1n) is 10.3. The summed E-state index contributed by atoms with van der Waals surface area (Å²) in [6.45, 7) is -0.382. The van der Waals surface area contributed by atoms with Crippen LogP contribution in [0.1, 0.15) is 5.56 Å². The number of carboxylic acid groups (broad SMARTS) is 1. The largest absolute Gasteiger partial charge is 0.484 e. The van der Waals surface area contributed by atoms with Crippen LogP contribution in [0.5, 0.6) is 5.75 Å². The van der Waals surface area contributed by atoms with Gasteiger partial charge >= 0.3 is 11.6 Å². The molecule has 2 N–H and O–H groups in total. The van der Waals surface area contributed by atoms with Crippen LogP contribution in [0, 0.1) is 0 Å². The second-order valence-electron chi connectivity index (χ2n) is 7.44. The highest BCUT2D eigenvalue weighted by Gasteiger charge is 2.20. The van der Waals surface area contributed by atoms with Crippen LogP contribution in [0.2, 0.25) is 0 Å². The molecule has 0 radical (unpaired) electrons. The molecule has 3 aromatic carbocycles. The molecule has 166 valence electrons. The smallest absolute Gasteiger partial charge is 0.336 e. The Morgan fingerprint density at radius 2 is 1.64 bits per heavy atom. The molecule has 33 heavy (non-hydrogen) atoms. The maximum atomic E-state index is 12.3. The first-order chi connectivity index (χ1) is 16.0. The molecule has 0 aliphatic rings. The lowest BCUT2D eigenvalue weighted by Gasteiger charge is -2.15. The van der Waals surface area contributed by atoms with Crippen LogP contribution >= 0.6 is 0 Å². The molecule has 0 aliphatic heterocycles. The van der Waals surface area contributed by atoms with Crippen LogP contribution in [-0.4, -0.2) is 29.6 Å². The summed E-state index contributed by atoms with van der Waals surface area (Å²) < 4.78 is 10.8. The molecule has 1 atom stereocenters. The Labute approximate surface area is 189 Å². The fourth-order valence-corrected chi connectivity index (χ4v) is 3.52. The third-order valence-electron chi connectivity index (χ3n) is 5.09. The topological polar surface area (TPSA) is 106 Å². The van der Waals surface area contributed by atoms with E-state index in [0.29, 0.717) is 11.3 Å². The first kappa shape index (κ1) is 21.8. The molecule has 0 saturated heterocycles. The summed E-state index contributed by atoms with van der Waals surface area (Å²) in [7, 11) is 0. The Hall–Kier alpha value is -4.39. The number of rotatable bonds is 8. The zero-order valence-electron chi connectivity index (χ0n) is 17.6. The van der Waals surface area contributed by atoms with Gasteiger partial charge in [0.05, 0.1) is 0 Å². The minimum atomic E-state index is -1.13. The van der Waals surface area contributed by atoms with E-state index in [2.05, 4.69) is 5.32 Å². The second kappa shape index (κ2) is 9.82. The van der Waals surface area contributed by atoms with Gasteiger partial charge in [0, 0.05) is 23.9 Å². The molecule has 0 saturated carbocycles. The van der Waals surface area contributed by atoms with Gasteiger partial charge in [-0.05, 0) is 28.8 Å². The number of ether oxygens (including phenoxy) is 1. The number of carbonyl (C=O) groups excluding carboxylic acids is 1. The maximum absolute atomic E-state index is 12.3. The summed E-state index contributed by atoms with van der Waals surface area (Å²) in [5.41, 5.74) is 2.23. The lowest BCUT2D eigenvalue weighted by Crippen LogP contribution is -2.44. The highest BCUT2D eigenvalue weighted by Crippen LogP contribution is 2.29. The van der Waals surface area contributed by atoms with Crippen LogP contribution in [0.25, 0.3) is 22.1 Å². The molecule has 1 aromatic heterocycles. The number of hydrogen-bond acceptors (Lipinski definition) is 5. The quantitative estimate of drug-likeness (QED) is 0.403. The van der Waals surface area contributed by atoms with Crippen molar-refractivity contribution in [3.63, 3.8) is 0 Å². The maximum Gasteiger partial charge on any atom is 0.336 e. The number of aliphatic carboxylic acids is 1. The molecule has 1 amide bonds. The van der Waals surface area contributed by atoms with Gasteiger partial charge in [0.2, 0.25) is 0 Å². The number of carbonyl (C=O) groups is 2. The van der Waals surface area contributed by atoms with E-state index in [4.69, 9.17) is 9.15 Å². The van der Waals surface area contributed by atoms with Crippen molar-refractivity contribution in [2.24, 2.45) is 0 Å². The van der Waals surface area contributed by atoms with E-state index in [1.165, 1.54) is 12.1 Å². The van der Waals surface area contributed by atoms with Crippen molar-refractivity contribution >= 4 is 22.8 Å². The highest BCUT2D eigenvalue weighted by molar-refractivity contribution is 5.93. The predicted molar refractivity (Wildman–Crippen MR) is 123 cm³/mol. The lowest BCUT2D eigenvalue weighted by atomic mass is 10.0. The van der Waals surface area contributed by atoms with E-state index in [0.717, 1.165) is 22.1 Å². The van der Waals surface area contributed by atoms with E-state index in [1.807, 2.05) is 36.4 Å². The van der Waals surface area contributed by atoms with Gasteiger partial charge in [0.1, 0.15) is 17.4 Å². The van der Waals surface area contributed by atoms with E-state index in [1.54, 1.807) is 36.4 Å². The lowest BCUT2D eigenvalue weighted by molar-refractivity contribution is -0.142. The zero-order chi connectivity index (χ0) is 23.2. The molecule has 1 heterocycles. The van der Waals surface area contributed by atoms with E-state index >= 15 is 0 Å². The van der Waals surface area contributed by atoms with Crippen LogP contribution in [0.3, 0.4) is 0 Å². The predicted octanol–water partition coefficient (Wildman–Crippen LogP) is 3.65. The van der Waals surface area contributed by atoms with Gasteiger partial charge in [-0.3, -0.25) is 4.79 Å². The molecule has 0 aliphatic carbocycles. The average Bonchev–Trinajstić information content (AvgIpc) is 2.82. The molecule has 0 bridgehead atoms. The molecule has 0 unspecified atom stereocenters. The third kappa shape index (κ3) is 5.46. The van der Waals surface area contributed by atoms with Crippen molar-refractivity contribution in [1.82, 2.24) is 5.32 Å². The number of carboxylic acids is 1. The van der Waals surface area contributed by atoms with Crippen molar-refractivity contribution < 1.29 is 23.8 Å². The molecular weight excluding hydrogens is 422 g/mol. The van der Waals surface area contributed by atoms with Gasteiger partial charge < -0.3 is 19.6 Å². The average molecular weight is 443 g/mol. The molecule has 4 aromatic rings. The van der Waals surface area contributed by atoms with Crippen molar-refractivity contribution in [3.05, 3.63) is 101 Å². The van der Waals surface area contributed by atoms with Gasteiger partial charge in [0.15, 0.2) is 6.61 Å². The standard InChI is InChI=1S/C26H21NO6/c28-24(27-22(26(30)31)13-17-7-3-1-4-8-17)16-32-19-11-12-20-21(18-9-5-2-6-10-18)15-25(29)33-23(20)14-19/h1-12,14-15,22H,13,16H2,(H,27,28)(H,30,31)/t22-/m1/s1. The summed E-state index contributed by atoms with van der Waals surface area (Å²) in [6, 6.07) is 23.8. The van der Waals surface area contributed by atoms with Gasteiger partial charge in [0.25, 0.3) is 5.91 Å². The summed E-state index contributed by atoms with van der Waals surface area (Å²) in [5.74, 6) is -1.38. The van der Waals surface area contributed by atoms with Crippen LogP contribution < -0.4 is 15.7 Å². The first-order valence-corrected chi connectivity index (χ1v) is 10.3. The van der Waals surface area contributed by atoms with E-state index in [-0.39, 0.29) is 13.0 Å². The van der Waals surface area contributed by atoms with Crippen LogP contribution in [0.15, 0.2) is 94.1 Å². The number of hydrogen-bond donors (Lipinski definition) is 2. The zero-order valence-corrected chi connectivity index (χ0v) is 17.6. The van der Waals surface area contributed by atoms with Crippen molar-refractivity contribution in [3.8, 4) is 16.9 Å². The molecule has 0 spiro atoms. The van der Waals surface area contributed by atoms with E-state index < -0.39 is 23.5 Å². The normalized spacial score (nSPS) is 11.6. The second-order valence-corrected chi connectivity index (χ2v) is 7.44. The number of nitrogens with one attached hydrogen (secondary N) is 1. The third-order valence-corrected chi connectivity index (χ3v) is 5.09. The minimum Gasteiger partial charge on any atom is -0.484 e. The Morgan fingerprint density at radius 1 is 0.939 bits per heavy atom. The Balaban J connectivity index is 1.46. The molecule has 7 heteroatoms. The summed E-state index contributed by atoms with van der Waals surface area (Å²) in [6.07, 6.45) is 0.158. The Morgan fingerprint density at radius 3 is 2.33 bits per heavy atom. The van der Waals surface area contributed by atoms with Gasteiger partial charge in [-0.1, -0.05) is 60.7 Å². The minimum absolute atomic E-state index is 0.158. The van der Waals surface area contributed by atoms with Gasteiger partial charge in [-0.25, -0.2) is 9.59 Å². The van der Waals surface area contributed by atoms with Crippen molar-refractivity contribution in [2.75, 3.05) is 6.61 Å². The molecule has 4 rings (SSSR count). The van der Waals surface area contributed by atoms with Crippen LogP contribution in [0.4, 0.5) is 0 Å². The summed E-state index contributed by atoms with van der Waals surface area (Å²) in [4.78, 5) is 35.9. The SMILES string of the molecule is O=C(COc1ccc2c(-c3ccccc3)cc(=O)oc2c1)N[C@H](Cc1ccccc1)C(=O)O. The summed E-state index contributed by atoms with van der Waals surface area (Å²) >= 11 is 0. The summed E-state index contributed by atoms with van der Waals surface area (Å²) in [5, 5.41) is 12.6. The van der Waals surface area contributed by atoms with Gasteiger partial charge in [-0.2, -0.15) is 0 Å². The fourth-order valence-electron chi connectivity index (χ4n) is 3.52. The number of amides is 1.